The lowest BCUT2D eigenvalue weighted by atomic mass is 9.98. The molecule has 0 aliphatic carbocycles. The lowest BCUT2D eigenvalue weighted by Crippen LogP contribution is -2.49. The number of carbonyl (C=O) groups excluding carboxylic acids is 1. The van der Waals surface area contributed by atoms with Crippen molar-refractivity contribution in [2.75, 3.05) is 5.32 Å². The molecule has 3 N–H and O–H groups in total. The lowest BCUT2D eigenvalue weighted by Gasteiger charge is -2.31. The topological polar surface area (TPSA) is 61.4 Å². The molecular weight excluding hydrogens is 272 g/mol. The van der Waals surface area contributed by atoms with Gasteiger partial charge in [-0.25, -0.2) is 0 Å². The molecule has 0 bridgehead atoms. The Hall–Kier alpha value is -1.07. The van der Waals surface area contributed by atoms with Gasteiger partial charge in [0.2, 0.25) is 5.91 Å². The first-order chi connectivity index (χ1) is 7.56. The van der Waals surface area contributed by atoms with Crippen LogP contribution in [0.15, 0.2) is 22.7 Å². The first-order valence-corrected chi connectivity index (χ1v) is 5.85. The van der Waals surface area contributed by atoms with Gasteiger partial charge < -0.3 is 15.7 Å². The summed E-state index contributed by atoms with van der Waals surface area (Å²) in [5.41, 5.74) is 2.00. The quantitative estimate of drug-likeness (QED) is 0.727. The number of hydrogen-bond donors (Lipinski definition) is 3. The van der Waals surface area contributed by atoms with Crippen LogP contribution in [0.1, 0.15) is 12.5 Å². The monoisotopic (exact) mass is 284 g/mol. The van der Waals surface area contributed by atoms with Crippen molar-refractivity contribution in [2.24, 2.45) is 0 Å². The second kappa shape index (κ2) is 4.43. The van der Waals surface area contributed by atoms with Crippen LogP contribution < -0.4 is 10.6 Å². The van der Waals surface area contributed by atoms with Crippen molar-refractivity contribution in [1.82, 2.24) is 5.32 Å². The summed E-state index contributed by atoms with van der Waals surface area (Å²) < 4.78 is 0.992. The Bertz CT molecular complexity index is 422. The molecule has 4 nitrogen and oxygen atoms in total. The number of aliphatic hydroxyl groups is 1. The van der Waals surface area contributed by atoms with Gasteiger partial charge in [-0.1, -0.05) is 15.9 Å². The summed E-state index contributed by atoms with van der Waals surface area (Å²) in [6.45, 7) is 1.45. The largest absolute Gasteiger partial charge is 0.372 e. The van der Waals surface area contributed by atoms with Gasteiger partial charge >= 0.3 is 0 Å². The van der Waals surface area contributed by atoms with Gasteiger partial charge in [0.05, 0.1) is 6.04 Å². The molecule has 1 aromatic carbocycles. The van der Waals surface area contributed by atoms with Gasteiger partial charge in [0, 0.05) is 17.1 Å². The normalized spacial score (nSPS) is 23.2. The number of hydrogen-bond acceptors (Lipinski definition) is 3. The van der Waals surface area contributed by atoms with Crippen molar-refractivity contribution in [2.45, 2.75) is 25.6 Å². The number of rotatable bonds is 1. The van der Waals surface area contributed by atoms with Gasteiger partial charge in [-0.2, -0.15) is 0 Å². The molecule has 86 valence electrons. The zero-order chi connectivity index (χ0) is 11.7. The molecule has 0 fully saturated rings. The molecule has 1 aromatic rings. The van der Waals surface area contributed by atoms with Crippen LogP contribution >= 0.6 is 15.9 Å². The molecule has 16 heavy (non-hydrogen) atoms. The summed E-state index contributed by atoms with van der Waals surface area (Å²) in [5.74, 6) is -0.135. The van der Waals surface area contributed by atoms with E-state index in [2.05, 4.69) is 26.6 Å². The summed E-state index contributed by atoms with van der Waals surface area (Å²) in [4.78, 5) is 11.0. The van der Waals surface area contributed by atoms with Crippen LogP contribution in [0.3, 0.4) is 0 Å². The second-order valence-electron chi connectivity index (χ2n) is 3.90. The van der Waals surface area contributed by atoms with Crippen LogP contribution in [0.5, 0.6) is 0 Å². The third-order valence-electron chi connectivity index (χ3n) is 2.58. The zero-order valence-electron chi connectivity index (χ0n) is 8.83. The van der Waals surface area contributed by atoms with Crippen molar-refractivity contribution in [1.29, 1.82) is 0 Å². The molecule has 2 atom stereocenters. The third kappa shape index (κ3) is 2.36. The number of halogens is 1. The van der Waals surface area contributed by atoms with Crippen LogP contribution in [0, 0.1) is 0 Å². The highest BCUT2D eigenvalue weighted by Crippen LogP contribution is 2.27. The van der Waals surface area contributed by atoms with Crippen molar-refractivity contribution < 1.29 is 9.90 Å². The maximum Gasteiger partial charge on any atom is 0.217 e. The fraction of sp³-hybridized carbons (Fsp3) is 0.364. The Morgan fingerprint density at radius 2 is 2.38 bits per heavy atom. The van der Waals surface area contributed by atoms with Crippen LogP contribution in [0.25, 0.3) is 0 Å². The highest BCUT2D eigenvalue weighted by molar-refractivity contribution is 9.10. The SMILES string of the molecule is CC(=O)NC1Cc2cc(Br)ccc2NC1O. The summed E-state index contributed by atoms with van der Waals surface area (Å²) in [5, 5.41) is 15.5. The molecule has 2 unspecified atom stereocenters. The third-order valence-corrected chi connectivity index (χ3v) is 3.07. The average molecular weight is 285 g/mol. The maximum absolute atomic E-state index is 11.0. The fourth-order valence-corrected chi connectivity index (χ4v) is 2.28. The predicted molar refractivity (Wildman–Crippen MR) is 65.1 cm³/mol. The summed E-state index contributed by atoms with van der Waals surface area (Å²) >= 11 is 3.40. The van der Waals surface area contributed by atoms with Crippen molar-refractivity contribution in [3.8, 4) is 0 Å². The van der Waals surface area contributed by atoms with Gasteiger partial charge in [0.1, 0.15) is 6.23 Å². The Balaban J connectivity index is 2.22. The molecule has 0 radical (unpaired) electrons. The first-order valence-electron chi connectivity index (χ1n) is 5.06. The number of carbonyl (C=O) groups is 1. The second-order valence-corrected chi connectivity index (χ2v) is 4.82. The molecule has 5 heteroatoms. The molecule has 0 aromatic heterocycles. The van der Waals surface area contributed by atoms with E-state index in [-0.39, 0.29) is 11.9 Å². The molecule has 2 rings (SSSR count). The standard InChI is InChI=1S/C11H13BrN2O2/c1-6(15)13-10-5-7-4-8(12)2-3-9(7)14-11(10)16/h2-4,10-11,14,16H,5H2,1H3,(H,13,15). The first kappa shape index (κ1) is 11.4. The number of anilines is 1. The van der Waals surface area contributed by atoms with Crippen molar-refractivity contribution in [3.05, 3.63) is 28.2 Å². The summed E-state index contributed by atoms with van der Waals surface area (Å²) in [7, 11) is 0. The molecule has 1 aliphatic heterocycles. The minimum absolute atomic E-state index is 0.135. The fourth-order valence-electron chi connectivity index (χ4n) is 1.87. The Morgan fingerprint density at radius 3 is 3.06 bits per heavy atom. The molecule has 0 spiro atoms. The molecular formula is C11H13BrN2O2. The molecule has 1 aliphatic rings. The maximum atomic E-state index is 11.0. The Labute approximate surface area is 102 Å². The van der Waals surface area contributed by atoms with Crippen LogP contribution in [-0.2, 0) is 11.2 Å². The van der Waals surface area contributed by atoms with E-state index in [0.29, 0.717) is 6.42 Å². The van der Waals surface area contributed by atoms with E-state index in [1.807, 2.05) is 18.2 Å². The van der Waals surface area contributed by atoms with E-state index in [1.54, 1.807) is 0 Å². The van der Waals surface area contributed by atoms with Gasteiger partial charge in [-0.15, -0.1) is 0 Å². The minimum Gasteiger partial charge on any atom is -0.372 e. The van der Waals surface area contributed by atoms with Crippen LogP contribution in [0.4, 0.5) is 5.69 Å². The number of benzene rings is 1. The Kier molecular flexibility index (Phi) is 3.16. The number of amides is 1. The van der Waals surface area contributed by atoms with Crippen LogP contribution in [-0.4, -0.2) is 23.3 Å². The smallest absolute Gasteiger partial charge is 0.217 e. The van der Waals surface area contributed by atoms with Gasteiger partial charge in [0.25, 0.3) is 0 Å². The van der Waals surface area contributed by atoms with Crippen LogP contribution in [0.2, 0.25) is 0 Å². The highest BCUT2D eigenvalue weighted by atomic mass is 79.9. The predicted octanol–water partition coefficient (Wildman–Crippen LogP) is 1.24. The molecule has 1 heterocycles. The van der Waals surface area contributed by atoms with E-state index >= 15 is 0 Å². The van der Waals surface area contributed by atoms with E-state index in [4.69, 9.17) is 0 Å². The highest BCUT2D eigenvalue weighted by Gasteiger charge is 2.26. The number of nitrogens with one attached hydrogen (secondary N) is 2. The molecule has 0 saturated heterocycles. The number of fused-ring (bicyclic) bond motifs is 1. The lowest BCUT2D eigenvalue weighted by molar-refractivity contribution is -0.120. The van der Waals surface area contributed by atoms with Gasteiger partial charge in [-0.3, -0.25) is 4.79 Å². The summed E-state index contributed by atoms with van der Waals surface area (Å²) in [6.07, 6.45) is -0.111. The van der Waals surface area contributed by atoms with E-state index in [1.165, 1.54) is 6.92 Å². The molecule has 0 saturated carbocycles. The Morgan fingerprint density at radius 1 is 1.62 bits per heavy atom. The minimum atomic E-state index is -0.738. The van der Waals surface area contributed by atoms with Crippen molar-refractivity contribution in [3.63, 3.8) is 0 Å². The van der Waals surface area contributed by atoms with Gasteiger partial charge in [-0.05, 0) is 30.2 Å². The van der Waals surface area contributed by atoms with E-state index in [9.17, 15) is 9.90 Å². The number of aliphatic hydroxyl groups excluding tert-OH is 1. The van der Waals surface area contributed by atoms with Crippen molar-refractivity contribution >= 4 is 27.5 Å². The zero-order valence-corrected chi connectivity index (χ0v) is 10.4. The molecule has 1 amide bonds. The van der Waals surface area contributed by atoms with Gasteiger partial charge in [0.15, 0.2) is 0 Å². The van der Waals surface area contributed by atoms with E-state index < -0.39 is 6.23 Å². The summed E-state index contributed by atoms with van der Waals surface area (Å²) in [6, 6.07) is 5.53. The van der Waals surface area contributed by atoms with E-state index in [0.717, 1.165) is 15.7 Å². The average Bonchev–Trinajstić information content (AvgIpc) is 2.19.